The van der Waals surface area contributed by atoms with E-state index >= 15 is 0 Å². The number of hydrogen-bond acceptors (Lipinski definition) is 6. The SMILES string of the molecule is COc1cc(C=O)ccc1OC(=O)c1cn(-c2ccccc2)nc1-c1ccncc1. The van der Waals surface area contributed by atoms with Crippen molar-refractivity contribution in [3.8, 4) is 28.4 Å². The Hall–Kier alpha value is -4.26. The van der Waals surface area contributed by atoms with Crippen molar-refractivity contribution in [1.82, 2.24) is 14.8 Å². The molecule has 148 valence electrons. The van der Waals surface area contributed by atoms with E-state index in [1.165, 1.54) is 19.2 Å². The van der Waals surface area contributed by atoms with Crippen molar-refractivity contribution in [2.45, 2.75) is 0 Å². The first-order valence-electron chi connectivity index (χ1n) is 9.10. The largest absolute Gasteiger partial charge is 0.493 e. The summed E-state index contributed by atoms with van der Waals surface area (Å²) in [5.41, 5.74) is 2.71. The van der Waals surface area contributed by atoms with Gasteiger partial charge >= 0.3 is 5.97 Å². The van der Waals surface area contributed by atoms with E-state index in [1.807, 2.05) is 30.3 Å². The Morgan fingerprint density at radius 2 is 1.77 bits per heavy atom. The van der Waals surface area contributed by atoms with Gasteiger partial charge in [-0.2, -0.15) is 5.10 Å². The number of esters is 1. The van der Waals surface area contributed by atoms with Crippen molar-refractivity contribution >= 4 is 12.3 Å². The second kappa shape index (κ2) is 8.40. The molecule has 0 unspecified atom stereocenters. The summed E-state index contributed by atoms with van der Waals surface area (Å²) in [5.74, 6) is -0.101. The molecule has 0 saturated carbocycles. The van der Waals surface area contributed by atoms with Crippen molar-refractivity contribution < 1.29 is 19.1 Å². The maximum absolute atomic E-state index is 13.1. The third kappa shape index (κ3) is 3.81. The van der Waals surface area contributed by atoms with Crippen LogP contribution in [-0.2, 0) is 0 Å². The summed E-state index contributed by atoms with van der Waals surface area (Å²) in [6, 6.07) is 17.6. The molecule has 2 aromatic heterocycles. The molecule has 4 aromatic rings. The van der Waals surface area contributed by atoms with Crippen molar-refractivity contribution in [1.29, 1.82) is 0 Å². The molecule has 0 aliphatic heterocycles. The van der Waals surface area contributed by atoms with Crippen molar-refractivity contribution in [3.63, 3.8) is 0 Å². The van der Waals surface area contributed by atoms with Gasteiger partial charge in [-0.3, -0.25) is 9.78 Å². The summed E-state index contributed by atoms with van der Waals surface area (Å²) >= 11 is 0. The number of ether oxygens (including phenoxy) is 2. The van der Waals surface area contributed by atoms with E-state index in [0.717, 1.165) is 11.3 Å². The Labute approximate surface area is 172 Å². The van der Waals surface area contributed by atoms with Gasteiger partial charge in [0.25, 0.3) is 0 Å². The second-order valence-corrected chi connectivity index (χ2v) is 6.33. The average molecular weight is 399 g/mol. The fourth-order valence-electron chi connectivity index (χ4n) is 2.96. The molecule has 30 heavy (non-hydrogen) atoms. The fourth-order valence-corrected chi connectivity index (χ4v) is 2.96. The molecular weight excluding hydrogens is 382 g/mol. The van der Waals surface area contributed by atoms with E-state index < -0.39 is 5.97 Å². The van der Waals surface area contributed by atoms with Gasteiger partial charge < -0.3 is 9.47 Å². The van der Waals surface area contributed by atoms with Crippen molar-refractivity contribution in [3.05, 3.63) is 90.4 Å². The highest BCUT2D eigenvalue weighted by atomic mass is 16.6. The van der Waals surface area contributed by atoms with Gasteiger partial charge in [-0.25, -0.2) is 9.48 Å². The van der Waals surface area contributed by atoms with Crippen molar-refractivity contribution in [2.75, 3.05) is 7.11 Å². The molecule has 0 aliphatic rings. The summed E-state index contributed by atoms with van der Waals surface area (Å²) in [7, 11) is 1.44. The van der Waals surface area contributed by atoms with Crippen LogP contribution in [0.3, 0.4) is 0 Å². The third-order valence-electron chi connectivity index (χ3n) is 4.44. The molecule has 0 spiro atoms. The molecule has 2 heterocycles. The van der Waals surface area contributed by atoms with E-state index in [0.29, 0.717) is 17.5 Å². The number of benzene rings is 2. The van der Waals surface area contributed by atoms with Gasteiger partial charge in [0, 0.05) is 29.7 Å². The van der Waals surface area contributed by atoms with Gasteiger partial charge in [-0.1, -0.05) is 18.2 Å². The first kappa shape index (κ1) is 19.1. The third-order valence-corrected chi connectivity index (χ3v) is 4.44. The molecule has 4 rings (SSSR count). The summed E-state index contributed by atoms with van der Waals surface area (Å²) < 4.78 is 12.5. The highest BCUT2D eigenvalue weighted by Gasteiger charge is 2.22. The molecule has 0 fully saturated rings. The molecular formula is C23H17N3O4. The lowest BCUT2D eigenvalue weighted by Gasteiger charge is -2.09. The Morgan fingerprint density at radius 3 is 2.47 bits per heavy atom. The van der Waals surface area contributed by atoms with Gasteiger partial charge in [-0.15, -0.1) is 0 Å². The monoisotopic (exact) mass is 399 g/mol. The maximum Gasteiger partial charge on any atom is 0.347 e. The zero-order chi connectivity index (χ0) is 20.9. The van der Waals surface area contributed by atoms with Gasteiger partial charge in [-0.05, 0) is 42.5 Å². The molecule has 0 aliphatic carbocycles. The number of pyridine rings is 1. The number of carbonyl (C=O) groups excluding carboxylic acids is 2. The zero-order valence-corrected chi connectivity index (χ0v) is 16.1. The van der Waals surface area contributed by atoms with E-state index in [4.69, 9.17) is 9.47 Å². The number of nitrogens with zero attached hydrogens (tertiary/aromatic N) is 3. The molecule has 2 aromatic carbocycles. The summed E-state index contributed by atoms with van der Waals surface area (Å²) in [6.45, 7) is 0. The predicted octanol–water partition coefficient (Wildman–Crippen LogP) is 3.97. The molecule has 0 amide bonds. The Bertz CT molecular complexity index is 1190. The van der Waals surface area contributed by atoms with Crippen LogP contribution < -0.4 is 9.47 Å². The Morgan fingerprint density at radius 1 is 1.00 bits per heavy atom. The Kier molecular flexibility index (Phi) is 5.34. The van der Waals surface area contributed by atoms with Crippen LogP contribution in [-0.4, -0.2) is 34.1 Å². The topological polar surface area (TPSA) is 83.3 Å². The van der Waals surface area contributed by atoms with Crippen LogP contribution in [0.1, 0.15) is 20.7 Å². The maximum atomic E-state index is 13.1. The number of aromatic nitrogens is 3. The first-order valence-corrected chi connectivity index (χ1v) is 9.10. The average Bonchev–Trinajstić information content (AvgIpc) is 3.26. The van der Waals surface area contributed by atoms with Crippen LogP contribution in [0.5, 0.6) is 11.5 Å². The zero-order valence-electron chi connectivity index (χ0n) is 16.1. The Balaban J connectivity index is 1.75. The quantitative estimate of drug-likeness (QED) is 0.277. The number of rotatable bonds is 6. The lowest BCUT2D eigenvalue weighted by molar-refractivity contribution is 0.0730. The smallest absolute Gasteiger partial charge is 0.347 e. The summed E-state index contributed by atoms with van der Waals surface area (Å²) in [5, 5.41) is 4.59. The first-order chi connectivity index (χ1) is 14.7. The minimum absolute atomic E-state index is 0.209. The van der Waals surface area contributed by atoms with Crippen LogP contribution in [0.25, 0.3) is 16.9 Å². The second-order valence-electron chi connectivity index (χ2n) is 6.33. The summed E-state index contributed by atoms with van der Waals surface area (Å²) in [4.78, 5) is 28.1. The molecule has 0 bridgehead atoms. The van der Waals surface area contributed by atoms with Crippen LogP contribution in [0, 0.1) is 0 Å². The summed E-state index contributed by atoms with van der Waals surface area (Å²) in [6.07, 6.45) is 5.58. The fraction of sp³-hybridized carbons (Fsp3) is 0.0435. The van der Waals surface area contributed by atoms with Crippen LogP contribution in [0.4, 0.5) is 0 Å². The van der Waals surface area contributed by atoms with E-state index in [9.17, 15) is 9.59 Å². The molecule has 0 saturated heterocycles. The number of hydrogen-bond donors (Lipinski definition) is 0. The lowest BCUT2D eigenvalue weighted by Crippen LogP contribution is -2.10. The highest BCUT2D eigenvalue weighted by Crippen LogP contribution is 2.30. The van der Waals surface area contributed by atoms with Gasteiger partial charge in [0.2, 0.25) is 0 Å². The van der Waals surface area contributed by atoms with Crippen LogP contribution in [0.15, 0.2) is 79.3 Å². The minimum atomic E-state index is -0.596. The molecule has 0 atom stereocenters. The van der Waals surface area contributed by atoms with Crippen molar-refractivity contribution in [2.24, 2.45) is 0 Å². The predicted molar refractivity (Wildman–Crippen MR) is 110 cm³/mol. The minimum Gasteiger partial charge on any atom is -0.493 e. The van der Waals surface area contributed by atoms with Crippen LogP contribution >= 0.6 is 0 Å². The normalized spacial score (nSPS) is 10.4. The van der Waals surface area contributed by atoms with Crippen LogP contribution in [0.2, 0.25) is 0 Å². The number of aldehydes is 1. The molecule has 0 N–H and O–H groups in total. The van der Waals surface area contributed by atoms with E-state index in [-0.39, 0.29) is 17.1 Å². The van der Waals surface area contributed by atoms with E-state index in [1.54, 1.807) is 41.5 Å². The van der Waals surface area contributed by atoms with Gasteiger partial charge in [0.1, 0.15) is 17.5 Å². The number of para-hydroxylation sites is 1. The number of methoxy groups -OCH3 is 1. The molecule has 7 nitrogen and oxygen atoms in total. The molecule has 0 radical (unpaired) electrons. The van der Waals surface area contributed by atoms with Gasteiger partial charge in [0.05, 0.1) is 12.8 Å². The van der Waals surface area contributed by atoms with Gasteiger partial charge in [0.15, 0.2) is 11.5 Å². The lowest BCUT2D eigenvalue weighted by atomic mass is 10.1. The molecule has 7 heteroatoms. The standard InChI is InChI=1S/C23H17N3O4/c1-29-21-13-16(15-27)7-8-20(21)30-23(28)19-14-26(18-5-3-2-4-6-18)25-22(19)17-9-11-24-12-10-17/h2-15H,1H3. The number of carbonyl (C=O) groups is 2. The van der Waals surface area contributed by atoms with E-state index in [2.05, 4.69) is 10.1 Å². The highest BCUT2D eigenvalue weighted by molar-refractivity contribution is 5.97.